The second-order valence-electron chi connectivity index (χ2n) is 5.16. The van der Waals surface area contributed by atoms with E-state index in [1.807, 2.05) is 11.3 Å². The molecule has 1 aromatic rings. The maximum atomic E-state index is 3.72. The number of thiophene rings is 1. The van der Waals surface area contributed by atoms with E-state index >= 15 is 0 Å². The Labute approximate surface area is 103 Å². The molecule has 0 bridgehead atoms. The molecular weight excluding hydrogens is 214 g/mol. The summed E-state index contributed by atoms with van der Waals surface area (Å²) in [6, 6.07) is 5.10. The number of nitrogens with one attached hydrogen (secondary N) is 1. The summed E-state index contributed by atoms with van der Waals surface area (Å²) < 4.78 is 0. The lowest BCUT2D eigenvalue weighted by Crippen LogP contribution is -2.34. The van der Waals surface area contributed by atoms with E-state index in [-0.39, 0.29) is 0 Å². The van der Waals surface area contributed by atoms with Gasteiger partial charge in [0.1, 0.15) is 0 Å². The number of hydrogen-bond acceptors (Lipinski definition) is 2. The quantitative estimate of drug-likeness (QED) is 0.815. The fourth-order valence-corrected chi connectivity index (χ4v) is 3.45. The van der Waals surface area contributed by atoms with Crippen LogP contribution in [0, 0.1) is 5.92 Å². The third-order valence-corrected chi connectivity index (χ3v) is 4.99. The van der Waals surface area contributed by atoms with Crippen LogP contribution in [-0.2, 0) is 0 Å². The normalized spacial score (nSPS) is 21.1. The minimum Gasteiger partial charge on any atom is -0.313 e. The first-order chi connectivity index (χ1) is 7.77. The molecule has 0 radical (unpaired) electrons. The zero-order valence-corrected chi connectivity index (χ0v) is 11.2. The number of hydrogen-bond donors (Lipinski definition) is 1. The van der Waals surface area contributed by atoms with Gasteiger partial charge < -0.3 is 5.32 Å². The van der Waals surface area contributed by atoms with Gasteiger partial charge in [-0.2, -0.15) is 0 Å². The molecule has 2 unspecified atom stereocenters. The topological polar surface area (TPSA) is 12.0 Å². The first-order valence-corrected chi connectivity index (χ1v) is 7.42. The van der Waals surface area contributed by atoms with Crippen molar-refractivity contribution in [2.24, 2.45) is 5.92 Å². The van der Waals surface area contributed by atoms with Crippen LogP contribution in [0.4, 0.5) is 0 Å². The summed E-state index contributed by atoms with van der Waals surface area (Å²) in [7, 11) is 0. The van der Waals surface area contributed by atoms with Gasteiger partial charge in [0.15, 0.2) is 0 Å². The SMILES string of the molecule is CC(CNC(C)C1CCCC1)c1cccs1. The molecule has 1 aromatic heterocycles. The summed E-state index contributed by atoms with van der Waals surface area (Å²) in [5, 5.41) is 5.89. The fraction of sp³-hybridized carbons (Fsp3) is 0.714. The molecule has 16 heavy (non-hydrogen) atoms. The first kappa shape index (κ1) is 12.1. The lowest BCUT2D eigenvalue weighted by Gasteiger charge is -2.22. The molecule has 2 atom stereocenters. The Kier molecular flexibility index (Phi) is 4.42. The van der Waals surface area contributed by atoms with Crippen LogP contribution >= 0.6 is 11.3 Å². The van der Waals surface area contributed by atoms with Crippen LogP contribution in [-0.4, -0.2) is 12.6 Å². The molecule has 0 aliphatic heterocycles. The molecule has 90 valence electrons. The van der Waals surface area contributed by atoms with E-state index in [0.29, 0.717) is 12.0 Å². The summed E-state index contributed by atoms with van der Waals surface area (Å²) in [4.78, 5) is 1.51. The van der Waals surface area contributed by atoms with E-state index in [0.717, 1.165) is 12.5 Å². The van der Waals surface area contributed by atoms with Crippen LogP contribution in [0.5, 0.6) is 0 Å². The van der Waals surface area contributed by atoms with Crippen molar-refractivity contribution in [3.8, 4) is 0 Å². The standard InChI is InChI=1S/C14H23NS/c1-11(14-8-5-9-16-14)10-15-12(2)13-6-3-4-7-13/h5,8-9,11-13,15H,3-4,6-7,10H2,1-2H3. The van der Waals surface area contributed by atoms with Gasteiger partial charge in [0, 0.05) is 23.4 Å². The molecule has 1 nitrogen and oxygen atoms in total. The van der Waals surface area contributed by atoms with Gasteiger partial charge in [0.2, 0.25) is 0 Å². The summed E-state index contributed by atoms with van der Waals surface area (Å²) in [5.41, 5.74) is 0. The van der Waals surface area contributed by atoms with E-state index in [1.165, 1.54) is 30.6 Å². The predicted octanol–water partition coefficient (Wildman–Crippen LogP) is 4.02. The Bertz CT molecular complexity index is 288. The highest BCUT2D eigenvalue weighted by Crippen LogP contribution is 2.28. The van der Waals surface area contributed by atoms with E-state index in [4.69, 9.17) is 0 Å². The van der Waals surface area contributed by atoms with Crippen LogP contribution in [0.3, 0.4) is 0 Å². The Morgan fingerprint density at radius 2 is 2.12 bits per heavy atom. The Balaban J connectivity index is 1.74. The second-order valence-corrected chi connectivity index (χ2v) is 6.14. The van der Waals surface area contributed by atoms with Crippen LogP contribution in [0.2, 0.25) is 0 Å². The molecule has 0 amide bonds. The Morgan fingerprint density at radius 1 is 1.38 bits per heavy atom. The van der Waals surface area contributed by atoms with Crippen molar-refractivity contribution in [2.75, 3.05) is 6.54 Å². The van der Waals surface area contributed by atoms with Gasteiger partial charge in [0.25, 0.3) is 0 Å². The average molecular weight is 237 g/mol. The molecule has 2 rings (SSSR count). The van der Waals surface area contributed by atoms with E-state index in [1.54, 1.807) is 0 Å². The Hall–Kier alpha value is -0.340. The molecule has 1 N–H and O–H groups in total. The lowest BCUT2D eigenvalue weighted by molar-refractivity contribution is 0.375. The molecular formula is C14H23NS. The largest absolute Gasteiger partial charge is 0.313 e. The van der Waals surface area contributed by atoms with Gasteiger partial charge in [-0.05, 0) is 37.1 Å². The van der Waals surface area contributed by atoms with Gasteiger partial charge in [0.05, 0.1) is 0 Å². The van der Waals surface area contributed by atoms with Gasteiger partial charge in [-0.15, -0.1) is 11.3 Å². The monoisotopic (exact) mass is 237 g/mol. The van der Waals surface area contributed by atoms with Gasteiger partial charge in [-0.1, -0.05) is 25.8 Å². The summed E-state index contributed by atoms with van der Waals surface area (Å²) in [5.74, 6) is 1.58. The summed E-state index contributed by atoms with van der Waals surface area (Å²) in [6.07, 6.45) is 5.75. The minimum absolute atomic E-state index is 0.656. The smallest absolute Gasteiger partial charge is 0.00860 e. The van der Waals surface area contributed by atoms with Crippen molar-refractivity contribution < 1.29 is 0 Å². The van der Waals surface area contributed by atoms with E-state index in [9.17, 15) is 0 Å². The van der Waals surface area contributed by atoms with Crippen LogP contribution in [0.25, 0.3) is 0 Å². The maximum absolute atomic E-state index is 3.72. The average Bonchev–Trinajstić information content (AvgIpc) is 2.95. The van der Waals surface area contributed by atoms with Crippen LogP contribution in [0.15, 0.2) is 17.5 Å². The highest BCUT2D eigenvalue weighted by Gasteiger charge is 2.21. The fourth-order valence-electron chi connectivity index (χ4n) is 2.66. The molecule has 1 aliphatic rings. The molecule has 1 heterocycles. The predicted molar refractivity (Wildman–Crippen MR) is 72.2 cm³/mol. The molecule has 1 saturated carbocycles. The van der Waals surface area contributed by atoms with Crippen molar-refractivity contribution in [2.45, 2.75) is 51.5 Å². The lowest BCUT2D eigenvalue weighted by atomic mass is 9.99. The third kappa shape index (κ3) is 3.08. The molecule has 1 aliphatic carbocycles. The van der Waals surface area contributed by atoms with Crippen LogP contribution in [0.1, 0.15) is 50.3 Å². The number of rotatable bonds is 5. The van der Waals surface area contributed by atoms with E-state index in [2.05, 4.69) is 36.7 Å². The Morgan fingerprint density at radius 3 is 2.75 bits per heavy atom. The van der Waals surface area contributed by atoms with Crippen molar-refractivity contribution in [3.63, 3.8) is 0 Å². The molecule has 1 fully saturated rings. The van der Waals surface area contributed by atoms with Crippen LogP contribution < -0.4 is 5.32 Å². The summed E-state index contributed by atoms with van der Waals surface area (Å²) in [6.45, 7) is 5.80. The zero-order valence-electron chi connectivity index (χ0n) is 10.4. The highest BCUT2D eigenvalue weighted by atomic mass is 32.1. The van der Waals surface area contributed by atoms with Crippen molar-refractivity contribution in [1.29, 1.82) is 0 Å². The zero-order chi connectivity index (χ0) is 11.4. The molecule has 2 heteroatoms. The van der Waals surface area contributed by atoms with Crippen molar-refractivity contribution in [3.05, 3.63) is 22.4 Å². The third-order valence-electron chi connectivity index (χ3n) is 3.88. The molecule has 0 saturated heterocycles. The second kappa shape index (κ2) is 5.83. The van der Waals surface area contributed by atoms with Gasteiger partial charge >= 0.3 is 0 Å². The van der Waals surface area contributed by atoms with Crippen molar-refractivity contribution >= 4 is 11.3 Å². The maximum Gasteiger partial charge on any atom is 0.00860 e. The van der Waals surface area contributed by atoms with E-state index < -0.39 is 0 Å². The molecule has 0 spiro atoms. The minimum atomic E-state index is 0.656. The van der Waals surface area contributed by atoms with Gasteiger partial charge in [-0.25, -0.2) is 0 Å². The molecule has 0 aromatic carbocycles. The van der Waals surface area contributed by atoms with Crippen molar-refractivity contribution in [1.82, 2.24) is 5.32 Å². The van der Waals surface area contributed by atoms with Gasteiger partial charge in [-0.3, -0.25) is 0 Å². The summed E-state index contributed by atoms with van der Waals surface area (Å²) >= 11 is 1.87. The first-order valence-electron chi connectivity index (χ1n) is 6.54. The highest BCUT2D eigenvalue weighted by molar-refractivity contribution is 7.10.